The monoisotopic (exact) mass is 192 g/mol. The highest BCUT2D eigenvalue weighted by molar-refractivity contribution is 5.67. The Morgan fingerprint density at radius 3 is 2.93 bits per heavy atom. The van der Waals surface area contributed by atoms with Crippen molar-refractivity contribution < 1.29 is 4.84 Å². The molecular formula is C8H8N4O2. The smallest absolute Gasteiger partial charge is 0.314 e. The second-order valence-electron chi connectivity index (χ2n) is 2.74. The molecular weight excluding hydrogens is 184 g/mol. The van der Waals surface area contributed by atoms with Gasteiger partial charge < -0.3 is 4.84 Å². The highest BCUT2D eigenvalue weighted by atomic mass is 16.6. The van der Waals surface area contributed by atoms with E-state index in [1.54, 1.807) is 6.92 Å². The van der Waals surface area contributed by atoms with Gasteiger partial charge in [-0.05, 0) is 6.92 Å². The fraction of sp³-hybridized carbons (Fsp3) is 0.250. The minimum absolute atomic E-state index is 0.208. The minimum Gasteiger partial charge on any atom is -0.413 e. The maximum absolute atomic E-state index is 11.6. The van der Waals surface area contributed by atoms with Crippen molar-refractivity contribution >= 4 is 11.2 Å². The Balaban J connectivity index is 2.84. The van der Waals surface area contributed by atoms with E-state index < -0.39 is 0 Å². The Morgan fingerprint density at radius 2 is 2.21 bits per heavy atom. The second kappa shape index (κ2) is 3.06. The molecule has 0 amide bonds. The largest absolute Gasteiger partial charge is 0.413 e. The summed E-state index contributed by atoms with van der Waals surface area (Å²) in [7, 11) is 1.39. The van der Waals surface area contributed by atoms with E-state index in [1.807, 2.05) is 0 Å². The van der Waals surface area contributed by atoms with Gasteiger partial charge in [0.2, 0.25) is 0 Å². The van der Waals surface area contributed by atoms with Crippen LogP contribution in [0, 0.1) is 6.92 Å². The van der Waals surface area contributed by atoms with Gasteiger partial charge in [0.1, 0.15) is 13.4 Å². The van der Waals surface area contributed by atoms with Crippen molar-refractivity contribution in [1.29, 1.82) is 0 Å². The van der Waals surface area contributed by atoms with Gasteiger partial charge >= 0.3 is 5.56 Å². The van der Waals surface area contributed by atoms with Gasteiger partial charge in [0.05, 0.1) is 5.69 Å². The van der Waals surface area contributed by atoms with Gasteiger partial charge in [-0.25, -0.2) is 15.0 Å². The molecule has 0 aliphatic heterocycles. The van der Waals surface area contributed by atoms with E-state index in [0.717, 1.165) is 10.4 Å². The highest BCUT2D eigenvalue weighted by Crippen LogP contribution is 1.99. The molecule has 0 saturated heterocycles. The van der Waals surface area contributed by atoms with Crippen molar-refractivity contribution in [2.75, 3.05) is 7.11 Å². The van der Waals surface area contributed by atoms with Gasteiger partial charge in [0, 0.05) is 6.20 Å². The first-order chi connectivity index (χ1) is 6.72. The van der Waals surface area contributed by atoms with Crippen molar-refractivity contribution in [2.24, 2.45) is 0 Å². The Hall–Kier alpha value is -1.98. The molecule has 6 heteroatoms. The molecule has 0 spiro atoms. The molecule has 0 aromatic carbocycles. The third kappa shape index (κ3) is 1.20. The minimum atomic E-state index is -0.356. The summed E-state index contributed by atoms with van der Waals surface area (Å²) in [6.45, 7) is 1.79. The van der Waals surface area contributed by atoms with Crippen molar-refractivity contribution in [3.8, 4) is 0 Å². The van der Waals surface area contributed by atoms with Gasteiger partial charge in [-0.2, -0.15) is 0 Å². The molecule has 2 aromatic heterocycles. The van der Waals surface area contributed by atoms with E-state index in [-0.39, 0.29) is 11.1 Å². The van der Waals surface area contributed by atoms with Crippen LogP contribution in [0.4, 0.5) is 0 Å². The molecule has 14 heavy (non-hydrogen) atoms. The molecule has 72 valence electrons. The van der Waals surface area contributed by atoms with Crippen molar-refractivity contribution in [3.05, 3.63) is 28.6 Å². The molecule has 0 aliphatic carbocycles. The summed E-state index contributed by atoms with van der Waals surface area (Å²) in [6.07, 6.45) is 2.80. The maximum Gasteiger partial charge on any atom is 0.314 e. The molecule has 0 N–H and O–H groups in total. The number of hydrogen-bond acceptors (Lipinski definition) is 5. The van der Waals surface area contributed by atoms with Crippen molar-refractivity contribution in [1.82, 2.24) is 19.7 Å². The highest BCUT2D eigenvalue weighted by Gasteiger charge is 2.05. The summed E-state index contributed by atoms with van der Waals surface area (Å²) < 4.78 is 1.01. The second-order valence-corrected chi connectivity index (χ2v) is 2.74. The molecule has 0 aliphatic rings. The van der Waals surface area contributed by atoms with Crippen LogP contribution in [-0.2, 0) is 0 Å². The first-order valence-electron chi connectivity index (χ1n) is 3.98. The predicted octanol–water partition coefficient (Wildman–Crippen LogP) is -0.447. The summed E-state index contributed by atoms with van der Waals surface area (Å²) in [5.41, 5.74) is 0.910. The molecule has 0 unspecified atom stereocenters. The molecule has 2 rings (SSSR count). The Kier molecular flexibility index (Phi) is 1.88. The van der Waals surface area contributed by atoms with Crippen LogP contribution < -0.4 is 10.4 Å². The van der Waals surface area contributed by atoms with Gasteiger partial charge in [-0.3, -0.25) is 4.79 Å². The number of rotatable bonds is 1. The fourth-order valence-corrected chi connectivity index (χ4v) is 1.10. The van der Waals surface area contributed by atoms with Gasteiger partial charge in [0.25, 0.3) is 0 Å². The summed E-state index contributed by atoms with van der Waals surface area (Å²) in [4.78, 5) is 28.3. The molecule has 2 heterocycles. The topological polar surface area (TPSA) is 69.9 Å². The third-order valence-electron chi connectivity index (χ3n) is 1.76. The van der Waals surface area contributed by atoms with Crippen molar-refractivity contribution in [3.63, 3.8) is 0 Å². The van der Waals surface area contributed by atoms with Crippen LogP contribution in [-0.4, -0.2) is 26.8 Å². The molecule has 0 bridgehead atoms. The summed E-state index contributed by atoms with van der Waals surface area (Å²) in [5.74, 6) is 0. The van der Waals surface area contributed by atoms with E-state index in [9.17, 15) is 4.79 Å². The van der Waals surface area contributed by atoms with Crippen LogP contribution in [0.15, 0.2) is 17.3 Å². The molecule has 2 aromatic rings. The fourth-order valence-electron chi connectivity index (χ4n) is 1.10. The molecule has 6 nitrogen and oxygen atoms in total. The van der Waals surface area contributed by atoms with Crippen LogP contribution in [0.2, 0.25) is 0 Å². The standard InChI is InChI=1S/C8H8N4O2/c1-5-3-9-6-7(11-5)10-4-12(14-2)8(6)13/h3-4H,1-2H3. The van der Waals surface area contributed by atoms with E-state index in [4.69, 9.17) is 4.84 Å². The van der Waals surface area contributed by atoms with Crippen LogP contribution in [0.25, 0.3) is 11.2 Å². The van der Waals surface area contributed by atoms with E-state index in [1.165, 1.54) is 19.6 Å². The van der Waals surface area contributed by atoms with Crippen molar-refractivity contribution in [2.45, 2.75) is 6.92 Å². The SMILES string of the molecule is COn1cnc2nc(C)cnc2c1=O. The average molecular weight is 192 g/mol. The number of aryl methyl sites for hydroxylation is 1. The lowest BCUT2D eigenvalue weighted by Crippen LogP contribution is -2.25. The summed E-state index contributed by atoms with van der Waals surface area (Å²) >= 11 is 0. The quantitative estimate of drug-likeness (QED) is 0.612. The maximum atomic E-state index is 11.6. The number of hydrogen-bond donors (Lipinski definition) is 0. The molecule has 0 atom stereocenters. The molecule has 0 radical (unpaired) electrons. The summed E-state index contributed by atoms with van der Waals surface area (Å²) in [5, 5.41) is 0. The van der Waals surface area contributed by atoms with Crippen LogP contribution in [0.3, 0.4) is 0 Å². The number of fused-ring (bicyclic) bond motifs is 1. The number of aromatic nitrogens is 4. The summed E-state index contributed by atoms with van der Waals surface area (Å²) in [6, 6.07) is 0. The first kappa shape index (κ1) is 8.61. The number of nitrogens with zero attached hydrogens (tertiary/aromatic N) is 4. The zero-order valence-corrected chi connectivity index (χ0v) is 7.76. The zero-order chi connectivity index (χ0) is 10.1. The van der Waals surface area contributed by atoms with Crippen LogP contribution >= 0.6 is 0 Å². The van der Waals surface area contributed by atoms with E-state index >= 15 is 0 Å². The van der Waals surface area contributed by atoms with E-state index in [2.05, 4.69) is 15.0 Å². The van der Waals surface area contributed by atoms with E-state index in [0.29, 0.717) is 5.65 Å². The lowest BCUT2D eigenvalue weighted by atomic mass is 10.4. The Morgan fingerprint density at radius 1 is 1.43 bits per heavy atom. The normalized spacial score (nSPS) is 10.4. The van der Waals surface area contributed by atoms with Gasteiger partial charge in [0.15, 0.2) is 11.2 Å². The first-order valence-corrected chi connectivity index (χ1v) is 3.98. The van der Waals surface area contributed by atoms with Crippen LogP contribution in [0.5, 0.6) is 0 Å². The predicted molar refractivity (Wildman–Crippen MR) is 48.8 cm³/mol. The zero-order valence-electron chi connectivity index (χ0n) is 7.76. The lowest BCUT2D eigenvalue weighted by molar-refractivity contribution is 0.155. The Labute approximate surface area is 79.2 Å². The third-order valence-corrected chi connectivity index (χ3v) is 1.76. The Bertz CT molecular complexity index is 534. The van der Waals surface area contributed by atoms with Gasteiger partial charge in [-0.15, -0.1) is 4.73 Å². The van der Waals surface area contributed by atoms with Gasteiger partial charge in [-0.1, -0.05) is 0 Å². The lowest BCUT2D eigenvalue weighted by Gasteiger charge is -2.02. The van der Waals surface area contributed by atoms with Crippen LogP contribution in [0.1, 0.15) is 5.69 Å². The average Bonchev–Trinajstić information content (AvgIpc) is 2.18. The molecule has 0 saturated carbocycles. The molecule has 0 fully saturated rings.